The first kappa shape index (κ1) is 26.4. The van der Waals surface area contributed by atoms with Crippen molar-refractivity contribution in [2.75, 3.05) is 19.7 Å². The Labute approximate surface area is 226 Å². The van der Waals surface area contributed by atoms with Crippen molar-refractivity contribution < 1.29 is 9.53 Å². The van der Waals surface area contributed by atoms with Crippen molar-refractivity contribution in [2.45, 2.75) is 77.3 Å². The van der Waals surface area contributed by atoms with E-state index in [0.29, 0.717) is 17.8 Å². The largest absolute Gasteiger partial charge is 0.493 e. The molecule has 0 radical (unpaired) electrons. The zero-order chi connectivity index (χ0) is 26.7. The molecule has 2 aromatic carbocycles. The van der Waals surface area contributed by atoms with Crippen LogP contribution in [0.15, 0.2) is 54.9 Å². The molecule has 2 aliphatic heterocycles. The van der Waals surface area contributed by atoms with Crippen LogP contribution in [0.2, 0.25) is 0 Å². The number of carbonyl (C=O) groups is 1. The van der Waals surface area contributed by atoms with E-state index in [1.165, 1.54) is 16.7 Å². The zero-order valence-electron chi connectivity index (χ0n) is 23.2. The fourth-order valence-corrected chi connectivity index (χ4v) is 5.59. The van der Waals surface area contributed by atoms with Crippen LogP contribution in [0.4, 0.5) is 0 Å². The van der Waals surface area contributed by atoms with Crippen molar-refractivity contribution in [3.63, 3.8) is 0 Å². The standard InChI is InChI=1S/C32H40N4O2/c1-22-27(14-11-23-9-12-24(13-10-23)32(2,3)4)33-21-34-30(22)31(37)36-18-15-25(16-19-36)35-28-17-20-38-29-8-6-5-7-26(28)29/h5-10,12-13,21,25,28,35H,11,14-20H2,1-4H3. The van der Waals surface area contributed by atoms with Gasteiger partial charge in [0.2, 0.25) is 0 Å². The highest BCUT2D eigenvalue weighted by Gasteiger charge is 2.29. The molecule has 1 N–H and O–H groups in total. The van der Waals surface area contributed by atoms with E-state index in [1.54, 1.807) is 6.33 Å². The lowest BCUT2D eigenvalue weighted by Gasteiger charge is -2.36. The fourth-order valence-electron chi connectivity index (χ4n) is 5.59. The van der Waals surface area contributed by atoms with E-state index in [1.807, 2.05) is 24.0 Å². The molecule has 3 heterocycles. The summed E-state index contributed by atoms with van der Waals surface area (Å²) < 4.78 is 5.82. The van der Waals surface area contributed by atoms with Gasteiger partial charge in [-0.25, -0.2) is 9.97 Å². The number of para-hydroxylation sites is 1. The molecule has 1 atom stereocenters. The Bertz CT molecular complexity index is 1260. The van der Waals surface area contributed by atoms with Crippen LogP contribution in [0.1, 0.15) is 84.5 Å². The van der Waals surface area contributed by atoms with E-state index < -0.39 is 0 Å². The summed E-state index contributed by atoms with van der Waals surface area (Å²) in [6.07, 6.45) is 6.08. The number of nitrogens with one attached hydrogen (secondary N) is 1. The Balaban J connectivity index is 1.17. The van der Waals surface area contributed by atoms with Crippen molar-refractivity contribution in [1.29, 1.82) is 0 Å². The van der Waals surface area contributed by atoms with Gasteiger partial charge in [0, 0.05) is 48.4 Å². The summed E-state index contributed by atoms with van der Waals surface area (Å²) in [4.78, 5) is 24.3. The van der Waals surface area contributed by atoms with Crippen molar-refractivity contribution in [1.82, 2.24) is 20.2 Å². The highest BCUT2D eigenvalue weighted by Crippen LogP contribution is 2.32. The third kappa shape index (κ3) is 5.91. The van der Waals surface area contributed by atoms with Crippen molar-refractivity contribution in [3.8, 4) is 5.75 Å². The van der Waals surface area contributed by atoms with Crippen LogP contribution in [-0.4, -0.2) is 46.5 Å². The summed E-state index contributed by atoms with van der Waals surface area (Å²) in [7, 11) is 0. The summed E-state index contributed by atoms with van der Waals surface area (Å²) in [5.74, 6) is 1.01. The smallest absolute Gasteiger partial charge is 0.272 e. The third-order valence-electron chi connectivity index (χ3n) is 8.04. The number of hydrogen-bond donors (Lipinski definition) is 1. The lowest BCUT2D eigenvalue weighted by Crippen LogP contribution is -2.46. The molecular weight excluding hydrogens is 472 g/mol. The maximum absolute atomic E-state index is 13.4. The van der Waals surface area contributed by atoms with Crippen LogP contribution in [-0.2, 0) is 18.3 Å². The Morgan fingerprint density at radius 2 is 1.74 bits per heavy atom. The van der Waals surface area contributed by atoms with Gasteiger partial charge in [-0.2, -0.15) is 0 Å². The minimum atomic E-state index is 0.0237. The molecule has 200 valence electrons. The summed E-state index contributed by atoms with van der Waals surface area (Å²) in [5.41, 5.74) is 6.42. The Hall–Kier alpha value is -3.25. The van der Waals surface area contributed by atoms with Crippen LogP contribution in [0.5, 0.6) is 5.75 Å². The van der Waals surface area contributed by atoms with E-state index in [4.69, 9.17) is 4.74 Å². The van der Waals surface area contributed by atoms with Gasteiger partial charge in [-0.15, -0.1) is 0 Å². The number of aryl methyl sites for hydroxylation is 2. The second-order valence-electron chi connectivity index (χ2n) is 11.7. The van der Waals surface area contributed by atoms with Gasteiger partial charge < -0.3 is 15.0 Å². The quantitative estimate of drug-likeness (QED) is 0.467. The van der Waals surface area contributed by atoms with Crippen molar-refractivity contribution >= 4 is 5.91 Å². The summed E-state index contributed by atoms with van der Waals surface area (Å²) >= 11 is 0. The molecule has 5 rings (SSSR count). The number of amides is 1. The second-order valence-corrected chi connectivity index (χ2v) is 11.7. The van der Waals surface area contributed by atoms with Gasteiger partial charge in [0.05, 0.1) is 6.61 Å². The number of aromatic nitrogens is 2. The number of piperidine rings is 1. The molecule has 38 heavy (non-hydrogen) atoms. The number of benzene rings is 2. The van der Waals surface area contributed by atoms with E-state index in [0.717, 1.165) is 68.8 Å². The van der Waals surface area contributed by atoms with Gasteiger partial charge in [-0.3, -0.25) is 4.79 Å². The predicted octanol–water partition coefficient (Wildman–Crippen LogP) is 5.59. The van der Waals surface area contributed by atoms with E-state index in [-0.39, 0.29) is 11.3 Å². The number of nitrogens with zero attached hydrogens (tertiary/aromatic N) is 3. The van der Waals surface area contributed by atoms with Gasteiger partial charge in [-0.1, -0.05) is 63.2 Å². The number of likely N-dealkylation sites (tertiary alicyclic amines) is 1. The van der Waals surface area contributed by atoms with Crippen LogP contribution in [0.25, 0.3) is 0 Å². The number of carbonyl (C=O) groups excluding carboxylic acids is 1. The summed E-state index contributed by atoms with van der Waals surface area (Å²) in [5, 5.41) is 3.83. The van der Waals surface area contributed by atoms with E-state index in [9.17, 15) is 4.79 Å². The molecule has 0 saturated carbocycles. The Morgan fingerprint density at radius 3 is 2.47 bits per heavy atom. The third-order valence-corrected chi connectivity index (χ3v) is 8.04. The molecule has 1 amide bonds. The lowest BCUT2D eigenvalue weighted by atomic mass is 9.86. The summed E-state index contributed by atoms with van der Waals surface area (Å²) in [6.45, 7) is 10.9. The molecule has 0 bridgehead atoms. The van der Waals surface area contributed by atoms with Crippen molar-refractivity contribution in [3.05, 3.63) is 88.5 Å². The highest BCUT2D eigenvalue weighted by atomic mass is 16.5. The number of rotatable bonds is 6. The number of hydrogen-bond acceptors (Lipinski definition) is 5. The minimum Gasteiger partial charge on any atom is -0.493 e. The van der Waals surface area contributed by atoms with Gasteiger partial charge in [-0.05, 0) is 55.2 Å². The molecule has 3 aromatic rings. The van der Waals surface area contributed by atoms with Gasteiger partial charge in [0.15, 0.2) is 0 Å². The SMILES string of the molecule is Cc1c(CCc2ccc(C(C)(C)C)cc2)ncnc1C(=O)N1CCC(NC2CCOc3ccccc32)CC1. The van der Waals surface area contributed by atoms with E-state index >= 15 is 0 Å². The van der Waals surface area contributed by atoms with E-state index in [2.05, 4.69) is 72.5 Å². The van der Waals surface area contributed by atoms with Crippen LogP contribution in [0, 0.1) is 6.92 Å². The normalized spacial score (nSPS) is 18.1. The molecule has 0 aliphatic carbocycles. The first-order valence-electron chi connectivity index (χ1n) is 14.0. The van der Waals surface area contributed by atoms with Gasteiger partial charge in [0.1, 0.15) is 17.8 Å². The lowest BCUT2D eigenvalue weighted by molar-refractivity contribution is 0.0692. The Kier molecular flexibility index (Phi) is 7.80. The monoisotopic (exact) mass is 512 g/mol. The topological polar surface area (TPSA) is 67.4 Å². The zero-order valence-corrected chi connectivity index (χ0v) is 23.2. The van der Waals surface area contributed by atoms with Crippen LogP contribution < -0.4 is 10.1 Å². The average molecular weight is 513 g/mol. The van der Waals surface area contributed by atoms with Gasteiger partial charge in [0.25, 0.3) is 5.91 Å². The van der Waals surface area contributed by atoms with Crippen molar-refractivity contribution in [2.24, 2.45) is 0 Å². The molecule has 0 spiro atoms. The molecule has 1 unspecified atom stereocenters. The molecule has 6 heteroatoms. The Morgan fingerprint density at radius 1 is 1.00 bits per heavy atom. The molecule has 1 saturated heterocycles. The van der Waals surface area contributed by atoms with Crippen LogP contribution >= 0.6 is 0 Å². The number of fused-ring (bicyclic) bond motifs is 1. The first-order chi connectivity index (χ1) is 18.3. The molecular formula is C32H40N4O2. The van der Waals surface area contributed by atoms with Gasteiger partial charge >= 0.3 is 0 Å². The maximum Gasteiger partial charge on any atom is 0.272 e. The molecule has 6 nitrogen and oxygen atoms in total. The number of ether oxygens (including phenoxy) is 1. The second kappa shape index (κ2) is 11.2. The molecule has 1 aromatic heterocycles. The fraction of sp³-hybridized carbons (Fsp3) is 0.469. The molecule has 1 fully saturated rings. The maximum atomic E-state index is 13.4. The molecule has 2 aliphatic rings. The first-order valence-corrected chi connectivity index (χ1v) is 14.0. The summed E-state index contributed by atoms with van der Waals surface area (Å²) in [6, 6.07) is 17.9. The predicted molar refractivity (Wildman–Crippen MR) is 151 cm³/mol. The highest BCUT2D eigenvalue weighted by molar-refractivity contribution is 5.93. The van der Waals surface area contributed by atoms with Crippen LogP contribution in [0.3, 0.4) is 0 Å². The minimum absolute atomic E-state index is 0.0237. The average Bonchev–Trinajstić information content (AvgIpc) is 2.92.